The molecule has 11 nitrogen and oxygen atoms in total. The Kier molecular flexibility index (Phi) is 7.87. The largest absolute Gasteiger partial charge is 0.481 e. The van der Waals surface area contributed by atoms with E-state index in [0.717, 1.165) is 41.0 Å². The molecule has 4 heterocycles. The summed E-state index contributed by atoms with van der Waals surface area (Å²) in [4.78, 5) is 62.5. The number of thiazole rings is 1. The summed E-state index contributed by atoms with van der Waals surface area (Å²) in [5.41, 5.74) is 2.06. The fourth-order valence-corrected chi connectivity index (χ4v) is 6.26. The van der Waals surface area contributed by atoms with Gasteiger partial charge in [-0.2, -0.15) is 0 Å². The molecule has 3 amide bonds. The Bertz CT molecular complexity index is 1440. The molecule has 1 fully saturated rings. The van der Waals surface area contributed by atoms with Gasteiger partial charge in [0, 0.05) is 59.8 Å². The van der Waals surface area contributed by atoms with Gasteiger partial charge in [-0.25, -0.2) is 4.98 Å². The first-order valence-corrected chi connectivity index (χ1v) is 13.9. The van der Waals surface area contributed by atoms with E-state index in [1.807, 2.05) is 7.05 Å². The summed E-state index contributed by atoms with van der Waals surface area (Å²) < 4.78 is 0. The number of aromatic nitrogens is 2. The van der Waals surface area contributed by atoms with Gasteiger partial charge in [0.25, 0.3) is 11.8 Å². The van der Waals surface area contributed by atoms with Crippen LogP contribution in [0.1, 0.15) is 50.1 Å². The average Bonchev–Trinajstić information content (AvgIpc) is 3.52. The van der Waals surface area contributed by atoms with Gasteiger partial charge in [0.15, 0.2) is 5.01 Å². The number of carboxylic acids is 1. The highest BCUT2D eigenvalue weighted by Crippen LogP contribution is 2.25. The van der Waals surface area contributed by atoms with Crippen LogP contribution in [0.5, 0.6) is 0 Å². The summed E-state index contributed by atoms with van der Waals surface area (Å²) in [6.45, 7) is 2.09. The molecule has 4 N–H and O–H groups in total. The van der Waals surface area contributed by atoms with Gasteiger partial charge in [-0.05, 0) is 37.7 Å². The highest BCUT2D eigenvalue weighted by Gasteiger charge is 2.35. The molecule has 13 heteroatoms. The van der Waals surface area contributed by atoms with E-state index in [1.165, 1.54) is 11.3 Å². The minimum Gasteiger partial charge on any atom is -0.481 e. The number of aromatic amines is 1. The first-order valence-electron chi connectivity index (χ1n) is 12.7. The fraction of sp³-hybridized carbons (Fsp3) is 0.423. The van der Waals surface area contributed by atoms with Crippen LogP contribution in [0.4, 0.5) is 0 Å². The fourth-order valence-electron chi connectivity index (χ4n) is 4.99. The lowest BCUT2D eigenvalue weighted by Crippen LogP contribution is -2.61. The lowest BCUT2D eigenvalue weighted by molar-refractivity contribution is -0.141. The van der Waals surface area contributed by atoms with E-state index < -0.39 is 18.1 Å². The molecule has 2 aliphatic rings. The van der Waals surface area contributed by atoms with Crippen LogP contribution in [0.3, 0.4) is 0 Å². The Morgan fingerprint density at radius 3 is 2.72 bits per heavy atom. The lowest BCUT2D eigenvalue weighted by atomic mass is 9.98. The molecular weight excluding hydrogens is 544 g/mol. The molecule has 2 atom stereocenters. The summed E-state index contributed by atoms with van der Waals surface area (Å²) >= 11 is 7.43. The number of likely N-dealkylation sites (N-methyl/N-ethyl adjacent to an activating group) is 1. The summed E-state index contributed by atoms with van der Waals surface area (Å²) in [5, 5.41) is 16.7. The molecule has 2 aliphatic heterocycles. The molecule has 1 aromatic carbocycles. The lowest BCUT2D eigenvalue weighted by Gasteiger charge is -2.39. The second-order valence-corrected chi connectivity index (χ2v) is 11.5. The van der Waals surface area contributed by atoms with E-state index in [0.29, 0.717) is 28.7 Å². The summed E-state index contributed by atoms with van der Waals surface area (Å²) in [5.74, 6) is -2.05. The third-order valence-corrected chi connectivity index (χ3v) is 8.41. The van der Waals surface area contributed by atoms with E-state index in [9.17, 15) is 19.2 Å². The van der Waals surface area contributed by atoms with Crippen molar-refractivity contribution in [2.45, 2.75) is 44.3 Å². The van der Waals surface area contributed by atoms with Gasteiger partial charge < -0.3 is 30.5 Å². The molecule has 0 unspecified atom stereocenters. The molecule has 0 bridgehead atoms. The first kappa shape index (κ1) is 27.1. The normalized spacial score (nSPS) is 19.5. The molecule has 206 valence electrons. The smallest absolute Gasteiger partial charge is 0.303 e. The number of carbonyl (C=O) groups excluding carboxylic acids is 3. The molecule has 0 spiro atoms. The molecule has 39 heavy (non-hydrogen) atoms. The van der Waals surface area contributed by atoms with Crippen LogP contribution in [0, 0.1) is 0 Å². The maximum absolute atomic E-state index is 13.3. The van der Waals surface area contributed by atoms with Crippen molar-refractivity contribution < 1.29 is 24.3 Å². The highest BCUT2D eigenvalue weighted by molar-refractivity contribution is 7.13. The maximum Gasteiger partial charge on any atom is 0.303 e. The van der Waals surface area contributed by atoms with Gasteiger partial charge in [0.05, 0.1) is 24.2 Å². The molecule has 2 aromatic heterocycles. The monoisotopic (exact) mass is 572 g/mol. The summed E-state index contributed by atoms with van der Waals surface area (Å²) in [6, 6.07) is 5.96. The van der Waals surface area contributed by atoms with Gasteiger partial charge in [-0.1, -0.05) is 11.6 Å². The number of hydrogen-bond donors (Lipinski definition) is 4. The molecule has 0 aliphatic carbocycles. The number of carbonyl (C=O) groups is 4. The van der Waals surface area contributed by atoms with Crippen LogP contribution in [0.25, 0.3) is 10.9 Å². The van der Waals surface area contributed by atoms with Gasteiger partial charge in [0.1, 0.15) is 5.69 Å². The van der Waals surface area contributed by atoms with E-state index in [-0.39, 0.29) is 37.1 Å². The Labute approximate surface area is 233 Å². The maximum atomic E-state index is 13.3. The summed E-state index contributed by atoms with van der Waals surface area (Å²) in [7, 11) is 2.02. The van der Waals surface area contributed by atoms with E-state index >= 15 is 0 Å². The van der Waals surface area contributed by atoms with Gasteiger partial charge >= 0.3 is 5.97 Å². The number of amides is 3. The van der Waals surface area contributed by atoms with Crippen LogP contribution in [-0.2, 0) is 22.6 Å². The number of fused-ring (bicyclic) bond motifs is 2. The van der Waals surface area contributed by atoms with Gasteiger partial charge in [-0.3, -0.25) is 19.2 Å². The zero-order valence-electron chi connectivity index (χ0n) is 21.3. The van der Waals surface area contributed by atoms with Crippen molar-refractivity contribution in [2.75, 3.05) is 26.7 Å². The zero-order chi connectivity index (χ0) is 27.7. The van der Waals surface area contributed by atoms with Crippen molar-refractivity contribution in [3.63, 3.8) is 0 Å². The number of nitrogens with zero attached hydrogens (tertiary/aromatic N) is 3. The molecular formula is C26H29ClN6O5S. The molecule has 1 saturated heterocycles. The predicted molar refractivity (Wildman–Crippen MR) is 146 cm³/mol. The van der Waals surface area contributed by atoms with Gasteiger partial charge in [-0.15, -0.1) is 11.3 Å². The van der Waals surface area contributed by atoms with Crippen LogP contribution in [-0.4, -0.2) is 87.3 Å². The van der Waals surface area contributed by atoms with Crippen LogP contribution in [0.2, 0.25) is 5.02 Å². The zero-order valence-corrected chi connectivity index (χ0v) is 22.9. The topological polar surface area (TPSA) is 148 Å². The molecule has 0 radical (unpaired) electrons. The molecule has 0 saturated carbocycles. The Morgan fingerprint density at radius 1 is 1.13 bits per heavy atom. The van der Waals surface area contributed by atoms with Crippen LogP contribution >= 0.6 is 22.9 Å². The van der Waals surface area contributed by atoms with Crippen molar-refractivity contribution in [3.05, 3.63) is 50.6 Å². The third kappa shape index (κ3) is 6.23. The number of halogens is 1. The number of piperidine rings is 1. The number of H-pyrrole nitrogens is 1. The Hall–Kier alpha value is -3.48. The molecule has 3 aromatic rings. The second-order valence-electron chi connectivity index (χ2n) is 9.97. The summed E-state index contributed by atoms with van der Waals surface area (Å²) in [6.07, 6.45) is 0.771. The SMILES string of the molecule is CN1CCc2nc(C(=O)N[C@@H]3CN(C(=O)CCC(=O)O)CC[C@@H]3NC(=O)c3cc4cc(Cl)ccc4[nH]3)sc2C1. The Morgan fingerprint density at radius 2 is 1.92 bits per heavy atom. The van der Waals surface area contributed by atoms with E-state index in [4.69, 9.17) is 16.7 Å². The van der Waals surface area contributed by atoms with Crippen molar-refractivity contribution in [2.24, 2.45) is 0 Å². The van der Waals surface area contributed by atoms with Crippen LogP contribution in [0.15, 0.2) is 24.3 Å². The van der Waals surface area contributed by atoms with Crippen molar-refractivity contribution in [1.82, 2.24) is 30.4 Å². The number of aliphatic carboxylic acids is 1. The van der Waals surface area contributed by atoms with Crippen molar-refractivity contribution in [3.8, 4) is 0 Å². The Balaban J connectivity index is 1.32. The first-order chi connectivity index (χ1) is 18.7. The standard InChI is InChI=1S/C26H29ClN6O5S/c1-32-8-6-18-21(13-32)39-26(31-18)25(38)30-20-12-33(22(34)4-5-23(35)36)9-7-17(20)29-24(37)19-11-14-10-15(27)2-3-16(14)28-19/h2-3,10-11,17,20,28H,4-9,12-13H2,1H3,(H,29,37)(H,30,38)(H,35,36)/t17-,20+/m0/s1. The predicted octanol–water partition coefficient (Wildman–Crippen LogP) is 2.26. The van der Waals surface area contributed by atoms with E-state index in [1.54, 1.807) is 29.2 Å². The number of likely N-dealkylation sites (tertiary alicyclic amines) is 1. The number of nitrogens with one attached hydrogen (secondary N) is 3. The number of benzene rings is 1. The number of carboxylic acid groups (broad SMARTS) is 1. The minimum atomic E-state index is -1.05. The average molecular weight is 573 g/mol. The molecule has 5 rings (SSSR count). The van der Waals surface area contributed by atoms with Crippen LogP contribution < -0.4 is 10.6 Å². The van der Waals surface area contributed by atoms with Crippen molar-refractivity contribution in [1.29, 1.82) is 0 Å². The number of hydrogen-bond acceptors (Lipinski definition) is 7. The highest BCUT2D eigenvalue weighted by atomic mass is 35.5. The van der Waals surface area contributed by atoms with Gasteiger partial charge in [0.2, 0.25) is 5.91 Å². The van der Waals surface area contributed by atoms with E-state index in [2.05, 4.69) is 25.5 Å². The second kappa shape index (κ2) is 11.3. The third-order valence-electron chi connectivity index (χ3n) is 7.09. The minimum absolute atomic E-state index is 0.128. The quantitative estimate of drug-likeness (QED) is 0.339. The van der Waals surface area contributed by atoms with Crippen molar-refractivity contribution >= 4 is 57.5 Å². The number of rotatable bonds is 7.